The second-order valence-electron chi connectivity index (χ2n) is 4.49. The largest absolute Gasteiger partial charge is 0.460 e. The van der Waals surface area contributed by atoms with Crippen molar-refractivity contribution in [2.75, 3.05) is 0 Å². The third-order valence-corrected chi connectivity index (χ3v) is 3.16. The number of benzene rings is 2. The van der Waals surface area contributed by atoms with Crippen LogP contribution in [0.3, 0.4) is 0 Å². The molecule has 2 aromatic carbocycles. The molecule has 3 rings (SSSR count). The highest BCUT2D eigenvalue weighted by molar-refractivity contribution is 5.83. The van der Waals surface area contributed by atoms with Crippen LogP contribution < -0.4 is 5.43 Å². The van der Waals surface area contributed by atoms with Crippen LogP contribution in [0.15, 0.2) is 51.7 Å². The predicted molar refractivity (Wildman–Crippen MR) is 72.6 cm³/mol. The molecule has 20 heavy (non-hydrogen) atoms. The maximum absolute atomic E-state index is 13.8. The summed E-state index contributed by atoms with van der Waals surface area (Å²) in [7, 11) is 0. The molecular formula is C16H10F2O2. The highest BCUT2D eigenvalue weighted by atomic mass is 19.1. The van der Waals surface area contributed by atoms with Gasteiger partial charge in [-0.3, -0.25) is 4.79 Å². The Labute approximate surface area is 113 Å². The van der Waals surface area contributed by atoms with Gasteiger partial charge in [0.2, 0.25) is 5.43 Å². The number of hydrogen-bond donors (Lipinski definition) is 0. The van der Waals surface area contributed by atoms with Crippen molar-refractivity contribution in [2.45, 2.75) is 6.92 Å². The number of halogens is 2. The zero-order chi connectivity index (χ0) is 14.3. The summed E-state index contributed by atoms with van der Waals surface area (Å²) in [6.45, 7) is 1.60. The molecule has 0 bridgehead atoms. The van der Waals surface area contributed by atoms with Crippen LogP contribution in [-0.4, -0.2) is 0 Å². The van der Waals surface area contributed by atoms with Crippen LogP contribution in [0.1, 0.15) is 5.76 Å². The molecule has 0 saturated heterocycles. The molecule has 1 aromatic heterocycles. The molecule has 1 heterocycles. The lowest BCUT2D eigenvalue weighted by Crippen LogP contribution is -2.09. The first-order valence-electron chi connectivity index (χ1n) is 6.06. The minimum absolute atomic E-state index is 0.114. The van der Waals surface area contributed by atoms with Gasteiger partial charge in [0.25, 0.3) is 0 Å². The van der Waals surface area contributed by atoms with E-state index in [2.05, 4.69) is 0 Å². The molecule has 0 aliphatic carbocycles. The van der Waals surface area contributed by atoms with Gasteiger partial charge in [-0.05, 0) is 36.8 Å². The molecule has 0 aliphatic rings. The Morgan fingerprint density at radius 1 is 1.05 bits per heavy atom. The van der Waals surface area contributed by atoms with E-state index in [1.54, 1.807) is 13.0 Å². The van der Waals surface area contributed by atoms with E-state index < -0.39 is 17.1 Å². The van der Waals surface area contributed by atoms with Crippen LogP contribution in [0.2, 0.25) is 0 Å². The van der Waals surface area contributed by atoms with E-state index in [1.165, 1.54) is 36.4 Å². The summed E-state index contributed by atoms with van der Waals surface area (Å²) >= 11 is 0. The van der Waals surface area contributed by atoms with E-state index in [0.29, 0.717) is 11.3 Å². The van der Waals surface area contributed by atoms with Crippen LogP contribution in [0, 0.1) is 18.6 Å². The van der Waals surface area contributed by atoms with Crippen molar-refractivity contribution >= 4 is 11.0 Å². The normalized spacial score (nSPS) is 10.9. The topological polar surface area (TPSA) is 30.2 Å². The van der Waals surface area contributed by atoms with Gasteiger partial charge < -0.3 is 4.42 Å². The Morgan fingerprint density at radius 2 is 1.80 bits per heavy atom. The van der Waals surface area contributed by atoms with E-state index in [0.717, 1.165) is 0 Å². The molecule has 0 spiro atoms. The molecule has 0 radical (unpaired) electrons. The van der Waals surface area contributed by atoms with E-state index in [1.807, 2.05) is 0 Å². The Hall–Kier alpha value is -2.49. The van der Waals surface area contributed by atoms with Gasteiger partial charge in [-0.25, -0.2) is 8.78 Å². The number of fused-ring (bicyclic) bond motifs is 1. The van der Waals surface area contributed by atoms with Gasteiger partial charge >= 0.3 is 0 Å². The molecule has 0 fully saturated rings. The van der Waals surface area contributed by atoms with Crippen molar-refractivity contribution in [3.8, 4) is 11.1 Å². The van der Waals surface area contributed by atoms with Gasteiger partial charge in [-0.2, -0.15) is 0 Å². The van der Waals surface area contributed by atoms with E-state index >= 15 is 0 Å². The highest BCUT2D eigenvalue weighted by Crippen LogP contribution is 2.25. The smallest absolute Gasteiger partial charge is 0.203 e. The maximum atomic E-state index is 13.8. The lowest BCUT2D eigenvalue weighted by Gasteiger charge is -2.07. The Kier molecular flexibility index (Phi) is 2.86. The molecule has 4 heteroatoms. The van der Waals surface area contributed by atoms with Crippen molar-refractivity contribution in [2.24, 2.45) is 0 Å². The average Bonchev–Trinajstić information content (AvgIpc) is 2.38. The second kappa shape index (κ2) is 4.56. The standard InChI is InChI=1S/C16H10F2O2/c1-9-14(10-4-2-5-11(17)8-10)16(19)15-12(18)6-3-7-13(15)20-9/h2-8H,1H3. The second-order valence-corrected chi connectivity index (χ2v) is 4.49. The maximum Gasteiger partial charge on any atom is 0.203 e. The first-order valence-corrected chi connectivity index (χ1v) is 6.06. The molecule has 0 atom stereocenters. The van der Waals surface area contributed by atoms with Crippen molar-refractivity contribution in [1.29, 1.82) is 0 Å². The molecule has 0 unspecified atom stereocenters. The third kappa shape index (κ3) is 1.90. The SMILES string of the molecule is Cc1oc2cccc(F)c2c(=O)c1-c1cccc(F)c1. The summed E-state index contributed by atoms with van der Waals surface area (Å²) in [6.07, 6.45) is 0. The number of hydrogen-bond acceptors (Lipinski definition) is 2. The van der Waals surface area contributed by atoms with E-state index in [9.17, 15) is 13.6 Å². The van der Waals surface area contributed by atoms with Gasteiger partial charge in [0.05, 0.1) is 5.56 Å². The quantitative estimate of drug-likeness (QED) is 0.669. The fraction of sp³-hybridized carbons (Fsp3) is 0.0625. The van der Waals surface area contributed by atoms with Crippen molar-refractivity contribution < 1.29 is 13.2 Å². The third-order valence-electron chi connectivity index (χ3n) is 3.16. The molecule has 2 nitrogen and oxygen atoms in total. The van der Waals surface area contributed by atoms with Gasteiger partial charge in [-0.1, -0.05) is 18.2 Å². The Bertz CT molecular complexity index is 866. The molecule has 3 aromatic rings. The highest BCUT2D eigenvalue weighted by Gasteiger charge is 2.16. The zero-order valence-electron chi connectivity index (χ0n) is 10.6. The van der Waals surface area contributed by atoms with Gasteiger partial charge in [-0.15, -0.1) is 0 Å². The van der Waals surface area contributed by atoms with Crippen molar-refractivity contribution in [1.82, 2.24) is 0 Å². The minimum Gasteiger partial charge on any atom is -0.460 e. The van der Waals surface area contributed by atoms with Crippen molar-refractivity contribution in [3.63, 3.8) is 0 Å². The molecule has 0 N–H and O–H groups in total. The summed E-state index contributed by atoms with van der Waals surface area (Å²) in [5, 5.41) is -0.114. The lowest BCUT2D eigenvalue weighted by molar-refractivity contribution is 0.561. The van der Waals surface area contributed by atoms with Crippen molar-refractivity contribution in [3.05, 3.63) is 70.1 Å². The Morgan fingerprint density at radius 3 is 2.55 bits per heavy atom. The molecular weight excluding hydrogens is 262 g/mol. The van der Waals surface area contributed by atoms with Gasteiger partial charge in [0.1, 0.15) is 28.4 Å². The summed E-state index contributed by atoms with van der Waals surface area (Å²) in [4.78, 5) is 12.5. The molecule has 100 valence electrons. The first-order chi connectivity index (χ1) is 9.58. The number of aryl methyl sites for hydroxylation is 1. The van der Waals surface area contributed by atoms with Gasteiger partial charge in [0, 0.05) is 0 Å². The predicted octanol–water partition coefficient (Wildman–Crippen LogP) is 4.05. The Balaban J connectivity index is 2.43. The summed E-state index contributed by atoms with van der Waals surface area (Å²) in [6, 6.07) is 9.80. The van der Waals surface area contributed by atoms with Crippen LogP contribution in [0.25, 0.3) is 22.1 Å². The first kappa shape index (κ1) is 12.5. The summed E-state index contributed by atoms with van der Waals surface area (Å²) in [5.41, 5.74) is 0.253. The lowest BCUT2D eigenvalue weighted by atomic mass is 10.0. The molecule has 0 saturated carbocycles. The van der Waals surface area contributed by atoms with Crippen LogP contribution in [0.4, 0.5) is 8.78 Å². The van der Waals surface area contributed by atoms with E-state index in [-0.39, 0.29) is 16.5 Å². The van der Waals surface area contributed by atoms with Crippen LogP contribution >= 0.6 is 0 Å². The van der Waals surface area contributed by atoms with Crippen LogP contribution in [-0.2, 0) is 0 Å². The average molecular weight is 272 g/mol. The summed E-state index contributed by atoms with van der Waals surface area (Å²) in [5.74, 6) is -0.775. The fourth-order valence-electron chi connectivity index (χ4n) is 2.29. The van der Waals surface area contributed by atoms with Crippen LogP contribution in [0.5, 0.6) is 0 Å². The zero-order valence-corrected chi connectivity index (χ0v) is 10.6. The summed E-state index contributed by atoms with van der Waals surface area (Å²) < 4.78 is 32.6. The fourth-order valence-corrected chi connectivity index (χ4v) is 2.29. The minimum atomic E-state index is -0.645. The monoisotopic (exact) mass is 272 g/mol. The van der Waals surface area contributed by atoms with E-state index in [4.69, 9.17) is 4.42 Å². The molecule has 0 aliphatic heterocycles. The number of rotatable bonds is 1. The molecule has 0 amide bonds. The van der Waals surface area contributed by atoms with Gasteiger partial charge in [0.15, 0.2) is 0 Å².